The molecule has 0 amide bonds. The molecule has 0 unspecified atom stereocenters. The minimum Gasteiger partial charge on any atom is -0.542 e. The molecule has 1 aliphatic carbocycles. The third kappa shape index (κ3) is 6.21. The lowest BCUT2D eigenvalue weighted by molar-refractivity contribution is 0.0526. The van der Waals surface area contributed by atoms with Crippen molar-refractivity contribution in [1.29, 1.82) is 0 Å². The maximum absolute atomic E-state index is 12.0. The van der Waals surface area contributed by atoms with Crippen molar-refractivity contribution in [3.63, 3.8) is 0 Å². The van der Waals surface area contributed by atoms with E-state index in [1.54, 1.807) is 0 Å². The van der Waals surface area contributed by atoms with E-state index in [9.17, 15) is 4.79 Å². The molecule has 0 N–H and O–H groups in total. The minimum absolute atomic E-state index is 0.0491. The topological polar surface area (TPSA) is 35.5 Å². The van der Waals surface area contributed by atoms with Gasteiger partial charge in [-0.05, 0) is 66.9 Å². The van der Waals surface area contributed by atoms with E-state index in [1.807, 2.05) is 31.2 Å². The Hall–Kier alpha value is -2.33. The number of benzene rings is 2. The summed E-state index contributed by atoms with van der Waals surface area (Å²) in [6, 6.07) is 12.1. The highest BCUT2D eigenvalue weighted by Gasteiger charge is 2.37. The first-order chi connectivity index (χ1) is 16.0. The van der Waals surface area contributed by atoms with Crippen LogP contribution in [0.1, 0.15) is 99.3 Å². The number of carbonyl (C=O) groups excluding carboxylic acids is 1. The molecule has 2 aromatic carbocycles. The maximum Gasteiger partial charge on any atom is 0.338 e. The largest absolute Gasteiger partial charge is 0.542 e. The van der Waals surface area contributed by atoms with Gasteiger partial charge in [0.05, 0.1) is 12.2 Å². The summed E-state index contributed by atoms with van der Waals surface area (Å²) in [6.07, 6.45) is 10.6. The molecule has 0 bridgehead atoms. The third-order valence-corrected chi connectivity index (χ3v) is 7.35. The van der Waals surface area contributed by atoms with Gasteiger partial charge in [-0.2, -0.15) is 0 Å². The first kappa shape index (κ1) is 26.3. The lowest BCUT2D eigenvalue weighted by Gasteiger charge is -2.40. The van der Waals surface area contributed by atoms with Gasteiger partial charge in [0.1, 0.15) is 5.75 Å². The quantitative estimate of drug-likeness (QED) is 0.229. The average molecular weight is 478 g/mol. The number of rotatable bonds is 7. The second-order valence-corrected chi connectivity index (χ2v) is 13.0. The molecule has 34 heavy (non-hydrogen) atoms. The van der Waals surface area contributed by atoms with Gasteiger partial charge in [0.25, 0.3) is 9.04 Å². The smallest absolute Gasteiger partial charge is 0.338 e. The normalized spacial score (nSPS) is 16.1. The highest BCUT2D eigenvalue weighted by atomic mass is 28.3. The van der Waals surface area contributed by atoms with Crippen molar-refractivity contribution < 1.29 is 14.0 Å². The number of carbonyl (C=O) groups is 1. The van der Waals surface area contributed by atoms with Gasteiger partial charge < -0.3 is 9.16 Å². The van der Waals surface area contributed by atoms with Crippen LogP contribution in [-0.2, 0) is 15.6 Å². The van der Waals surface area contributed by atoms with Gasteiger partial charge in [0, 0.05) is 11.1 Å². The van der Waals surface area contributed by atoms with Crippen LogP contribution >= 0.6 is 0 Å². The fourth-order valence-electron chi connectivity index (χ4n) is 4.98. The molecule has 3 rings (SSSR count). The molecule has 1 radical (unpaired) electrons. The SMILES string of the molecule is CCOC(=O)c1ccc(C=Cc2ccc(C(C)(C)C)c(C3(C)CCCCC3)c2O[Si](C)C)cc1. The number of hydrogen-bond donors (Lipinski definition) is 0. The van der Waals surface area contributed by atoms with E-state index in [4.69, 9.17) is 9.16 Å². The highest BCUT2D eigenvalue weighted by Crippen LogP contribution is 2.49. The maximum atomic E-state index is 12.0. The molecular weight excluding hydrogens is 436 g/mol. The molecule has 3 nitrogen and oxygen atoms in total. The summed E-state index contributed by atoms with van der Waals surface area (Å²) in [4.78, 5) is 12.0. The Kier molecular flexibility index (Phi) is 8.46. The zero-order valence-corrected chi connectivity index (χ0v) is 23.1. The Labute approximate surface area is 208 Å². The molecule has 0 aliphatic heterocycles. The van der Waals surface area contributed by atoms with Gasteiger partial charge in [-0.1, -0.05) is 83.4 Å². The lowest BCUT2D eigenvalue weighted by atomic mass is 9.66. The molecule has 0 atom stereocenters. The molecule has 0 aromatic heterocycles. The van der Waals surface area contributed by atoms with Gasteiger partial charge in [-0.3, -0.25) is 0 Å². The summed E-state index contributed by atoms with van der Waals surface area (Å²) in [5, 5.41) is 0. The summed E-state index contributed by atoms with van der Waals surface area (Å²) in [7, 11) is -0.944. The van der Waals surface area contributed by atoms with E-state index in [0.717, 1.165) is 16.9 Å². The first-order valence-corrected chi connectivity index (χ1v) is 15.1. The summed E-state index contributed by atoms with van der Waals surface area (Å²) in [5.41, 5.74) is 5.77. The molecule has 1 fully saturated rings. The van der Waals surface area contributed by atoms with E-state index in [-0.39, 0.29) is 16.8 Å². The van der Waals surface area contributed by atoms with Gasteiger partial charge >= 0.3 is 5.97 Å². The van der Waals surface area contributed by atoms with Crippen molar-refractivity contribution in [3.8, 4) is 5.75 Å². The summed E-state index contributed by atoms with van der Waals surface area (Å²) < 4.78 is 11.8. The Balaban J connectivity index is 2.07. The van der Waals surface area contributed by atoms with Gasteiger partial charge in [0.2, 0.25) is 0 Å². The zero-order valence-electron chi connectivity index (χ0n) is 22.1. The molecule has 1 saturated carbocycles. The van der Waals surface area contributed by atoms with Crippen molar-refractivity contribution in [3.05, 3.63) is 64.2 Å². The second-order valence-electron chi connectivity index (χ2n) is 11.0. The molecule has 0 spiro atoms. The van der Waals surface area contributed by atoms with E-state index in [0.29, 0.717) is 12.2 Å². The van der Waals surface area contributed by atoms with Crippen LogP contribution in [0.25, 0.3) is 12.2 Å². The molecule has 4 heteroatoms. The van der Waals surface area contributed by atoms with E-state index < -0.39 is 9.04 Å². The highest BCUT2D eigenvalue weighted by molar-refractivity contribution is 6.49. The fourth-order valence-corrected chi connectivity index (χ4v) is 5.61. The van der Waals surface area contributed by atoms with Crippen LogP contribution in [0, 0.1) is 0 Å². The first-order valence-electron chi connectivity index (χ1n) is 12.7. The predicted octanol–water partition coefficient (Wildman–Crippen LogP) is 8.18. The van der Waals surface area contributed by atoms with E-state index in [2.05, 4.69) is 65.1 Å². The standard InChI is InChI=1S/C30H41O3Si/c1-8-32-28(31)24-16-13-22(14-17-24)12-15-23-18-19-25(29(2,3)4)26(27(23)33-34(6)7)30(5)20-10-9-11-21-30/h12-19H,8-11,20-21H2,1-7H3. The predicted molar refractivity (Wildman–Crippen MR) is 145 cm³/mol. The number of esters is 1. The van der Waals surface area contributed by atoms with Gasteiger partial charge in [0.15, 0.2) is 0 Å². The Morgan fingerprint density at radius 3 is 2.21 bits per heavy atom. The Morgan fingerprint density at radius 2 is 1.65 bits per heavy atom. The summed E-state index contributed by atoms with van der Waals surface area (Å²) in [5.74, 6) is 0.799. The molecular formula is C30H41O3Si. The molecule has 0 heterocycles. The fraction of sp³-hybridized carbons (Fsp3) is 0.500. The number of hydrogen-bond acceptors (Lipinski definition) is 3. The van der Waals surface area contributed by atoms with E-state index in [1.165, 1.54) is 43.2 Å². The molecule has 2 aromatic rings. The van der Waals surface area contributed by atoms with Crippen molar-refractivity contribution in [2.45, 2.75) is 90.6 Å². The second kappa shape index (κ2) is 10.9. The van der Waals surface area contributed by atoms with Crippen LogP contribution in [0.15, 0.2) is 36.4 Å². The molecule has 1 aliphatic rings. The van der Waals surface area contributed by atoms with Crippen LogP contribution in [0.3, 0.4) is 0 Å². The van der Waals surface area contributed by atoms with Gasteiger partial charge in [-0.15, -0.1) is 0 Å². The van der Waals surface area contributed by atoms with E-state index >= 15 is 0 Å². The Bertz CT molecular complexity index is 1010. The minimum atomic E-state index is -0.944. The van der Waals surface area contributed by atoms with Crippen molar-refractivity contribution >= 4 is 27.2 Å². The van der Waals surface area contributed by atoms with Crippen molar-refractivity contribution in [1.82, 2.24) is 0 Å². The van der Waals surface area contributed by atoms with Gasteiger partial charge in [-0.25, -0.2) is 4.79 Å². The summed E-state index contributed by atoms with van der Waals surface area (Å²) >= 11 is 0. The molecule has 0 saturated heterocycles. The van der Waals surface area contributed by atoms with Crippen LogP contribution in [0.5, 0.6) is 5.75 Å². The van der Waals surface area contributed by atoms with Crippen LogP contribution in [-0.4, -0.2) is 21.6 Å². The summed E-state index contributed by atoms with van der Waals surface area (Å²) in [6.45, 7) is 16.0. The molecule has 183 valence electrons. The number of ether oxygens (including phenoxy) is 1. The lowest BCUT2D eigenvalue weighted by Crippen LogP contribution is -2.31. The monoisotopic (exact) mass is 477 g/mol. The van der Waals surface area contributed by atoms with Crippen molar-refractivity contribution in [2.75, 3.05) is 6.61 Å². The third-order valence-electron chi connectivity index (χ3n) is 6.74. The average Bonchev–Trinajstić information content (AvgIpc) is 2.78. The van der Waals surface area contributed by atoms with Crippen LogP contribution in [0.2, 0.25) is 13.1 Å². The zero-order chi connectivity index (χ0) is 24.9. The van der Waals surface area contributed by atoms with Crippen LogP contribution < -0.4 is 4.43 Å². The van der Waals surface area contributed by atoms with Crippen molar-refractivity contribution in [2.24, 2.45) is 0 Å². The van der Waals surface area contributed by atoms with Crippen LogP contribution in [0.4, 0.5) is 0 Å². The Morgan fingerprint density at radius 1 is 1.00 bits per heavy atom.